The van der Waals surface area contributed by atoms with E-state index in [9.17, 15) is 22.8 Å². The zero-order chi connectivity index (χ0) is 32.6. The lowest BCUT2D eigenvalue weighted by atomic mass is 9.81. The Morgan fingerprint density at radius 3 is 2.33 bits per heavy atom. The van der Waals surface area contributed by atoms with Gasteiger partial charge in [0.05, 0.1) is 25.9 Å². The molecule has 0 spiro atoms. The Bertz CT molecular complexity index is 1800. The van der Waals surface area contributed by atoms with Gasteiger partial charge in [-0.2, -0.15) is 12.7 Å². The number of carbonyl (C=O) groups excluding carboxylic acids is 3. The molecule has 1 N–H and O–H groups in total. The summed E-state index contributed by atoms with van der Waals surface area (Å²) in [6.45, 7) is 0.112. The van der Waals surface area contributed by atoms with Crippen LogP contribution in [-0.2, 0) is 26.3 Å². The van der Waals surface area contributed by atoms with E-state index in [-0.39, 0.29) is 36.4 Å². The van der Waals surface area contributed by atoms with Crippen molar-refractivity contribution in [3.05, 3.63) is 58.7 Å². The van der Waals surface area contributed by atoms with Crippen LogP contribution in [0.4, 0.5) is 0 Å². The normalized spacial score (nSPS) is 15.1. The highest BCUT2D eigenvalue weighted by molar-refractivity contribution is 7.87. The van der Waals surface area contributed by atoms with Crippen LogP contribution in [0, 0.1) is 0 Å². The number of benzene rings is 2. The molecule has 3 amide bonds. The van der Waals surface area contributed by atoms with Crippen LogP contribution >= 0.6 is 0 Å². The number of nitrogens with one attached hydrogen (secondary N) is 1. The van der Waals surface area contributed by atoms with Crippen LogP contribution in [0.3, 0.4) is 0 Å². The Morgan fingerprint density at radius 1 is 0.978 bits per heavy atom. The summed E-state index contributed by atoms with van der Waals surface area (Å²) in [5, 5.41) is 0.968. The maximum Gasteiger partial charge on any atom is 0.303 e. The fourth-order valence-corrected chi connectivity index (χ4v) is 6.78. The van der Waals surface area contributed by atoms with Gasteiger partial charge >= 0.3 is 10.2 Å². The number of methoxy groups -OCH3 is 1. The van der Waals surface area contributed by atoms with E-state index in [1.165, 1.54) is 35.9 Å². The summed E-state index contributed by atoms with van der Waals surface area (Å²) >= 11 is 0. The summed E-state index contributed by atoms with van der Waals surface area (Å²) in [5.74, 6) is -0.305. The van der Waals surface area contributed by atoms with Crippen molar-refractivity contribution in [2.24, 2.45) is 0 Å². The highest BCUT2D eigenvalue weighted by Crippen LogP contribution is 2.47. The van der Waals surface area contributed by atoms with E-state index in [0.29, 0.717) is 11.3 Å². The van der Waals surface area contributed by atoms with Crippen LogP contribution < -0.4 is 9.46 Å². The summed E-state index contributed by atoms with van der Waals surface area (Å²) in [6.07, 6.45) is 7.32. The summed E-state index contributed by atoms with van der Waals surface area (Å²) in [6, 6.07) is 11.1. The fourth-order valence-electron chi connectivity index (χ4n) is 6.24. The van der Waals surface area contributed by atoms with E-state index < -0.39 is 16.1 Å². The molecule has 5 rings (SSSR count). The second-order valence-electron chi connectivity index (χ2n) is 12.2. The van der Waals surface area contributed by atoms with Crippen molar-refractivity contribution < 1.29 is 27.5 Å². The van der Waals surface area contributed by atoms with Gasteiger partial charge in [-0.05, 0) is 66.3 Å². The first kappa shape index (κ1) is 32.2. The number of likely N-dealkylation sites (N-methyl/N-ethyl adjacent to an activating group) is 2. The molecule has 240 valence electrons. The molecule has 0 radical (unpaired) electrons. The molecule has 1 fully saturated rings. The number of aromatic nitrogens is 1. The molecule has 0 atom stereocenters. The fraction of sp³-hybridized carbons (Fsp3) is 0.424. The van der Waals surface area contributed by atoms with Crippen molar-refractivity contribution >= 4 is 44.9 Å². The number of fused-ring (bicyclic) bond motifs is 5. The van der Waals surface area contributed by atoms with E-state index in [1.807, 2.05) is 30.3 Å². The van der Waals surface area contributed by atoms with Crippen LogP contribution in [0.2, 0.25) is 0 Å². The molecule has 1 aromatic heterocycles. The van der Waals surface area contributed by atoms with Crippen LogP contribution in [0.15, 0.2) is 42.0 Å². The maximum atomic E-state index is 13.9. The minimum absolute atomic E-state index is 0.0780. The van der Waals surface area contributed by atoms with Crippen molar-refractivity contribution in [1.82, 2.24) is 23.4 Å². The van der Waals surface area contributed by atoms with Gasteiger partial charge in [-0.25, -0.2) is 4.72 Å². The summed E-state index contributed by atoms with van der Waals surface area (Å²) in [7, 11) is 5.21. The summed E-state index contributed by atoms with van der Waals surface area (Å²) in [5.41, 5.74) is 5.28. The van der Waals surface area contributed by atoms with Crippen molar-refractivity contribution in [1.29, 1.82) is 0 Å². The monoisotopic (exact) mass is 635 g/mol. The molecule has 2 aromatic carbocycles. The molecule has 1 saturated carbocycles. The molecule has 1 aliphatic heterocycles. The number of rotatable bonds is 8. The largest absolute Gasteiger partial charge is 0.497 e. The Labute approximate surface area is 264 Å². The van der Waals surface area contributed by atoms with Gasteiger partial charge in [0.15, 0.2) is 0 Å². The third-order valence-corrected chi connectivity index (χ3v) is 10.2. The predicted octanol–water partition coefficient (Wildman–Crippen LogP) is 3.84. The second-order valence-corrected chi connectivity index (χ2v) is 14.1. The van der Waals surface area contributed by atoms with Crippen molar-refractivity contribution in [3.8, 4) is 17.0 Å². The Hall–Kier alpha value is -4.16. The zero-order valence-corrected chi connectivity index (χ0v) is 27.5. The number of ether oxygens (including phenoxy) is 1. The lowest BCUT2D eigenvalue weighted by molar-refractivity contribution is -0.136. The maximum absolute atomic E-state index is 13.9. The Kier molecular flexibility index (Phi) is 9.09. The van der Waals surface area contributed by atoms with Crippen LogP contribution in [0.1, 0.15) is 59.5 Å². The second kappa shape index (κ2) is 12.7. The van der Waals surface area contributed by atoms with Crippen molar-refractivity contribution in [2.45, 2.75) is 44.6 Å². The topological polar surface area (TPSA) is 121 Å². The van der Waals surface area contributed by atoms with E-state index in [1.54, 1.807) is 40.4 Å². The molecule has 0 unspecified atom stereocenters. The first-order valence-electron chi connectivity index (χ1n) is 15.1. The van der Waals surface area contributed by atoms with Gasteiger partial charge in [0, 0.05) is 62.8 Å². The zero-order valence-electron chi connectivity index (χ0n) is 26.7. The number of nitrogens with zero attached hydrogens (tertiary/aromatic N) is 4. The number of hydrogen-bond donors (Lipinski definition) is 1. The quantitative estimate of drug-likeness (QED) is 0.402. The first-order chi connectivity index (χ1) is 21.3. The third-order valence-electron chi connectivity index (χ3n) is 8.75. The van der Waals surface area contributed by atoms with Gasteiger partial charge in [-0.15, -0.1) is 0 Å². The minimum atomic E-state index is -4.00. The number of carbonyl (C=O) groups is 3. The summed E-state index contributed by atoms with van der Waals surface area (Å²) in [4.78, 5) is 42.5. The van der Waals surface area contributed by atoms with Crippen molar-refractivity contribution in [2.75, 3.05) is 48.9 Å². The average molecular weight is 636 g/mol. The Morgan fingerprint density at radius 2 is 1.69 bits per heavy atom. The molecule has 12 heteroatoms. The Balaban J connectivity index is 1.73. The molecule has 11 nitrogen and oxygen atoms in total. The first-order valence-corrected chi connectivity index (χ1v) is 16.5. The highest BCUT2D eigenvalue weighted by Gasteiger charge is 2.31. The number of amides is 3. The predicted molar refractivity (Wildman–Crippen MR) is 174 cm³/mol. The molecule has 2 heterocycles. The smallest absolute Gasteiger partial charge is 0.303 e. The molecular weight excluding hydrogens is 594 g/mol. The molecule has 0 saturated heterocycles. The summed E-state index contributed by atoms with van der Waals surface area (Å²) < 4.78 is 35.6. The van der Waals surface area contributed by atoms with Crippen LogP contribution in [0.25, 0.3) is 28.2 Å². The molecular formula is C33H41N5O6S. The SMILES string of the molecule is COc1ccc2c(c1)C=C(C(=O)N(C)CC(=O)N(C)C)Cn1c-2c(C2CCCCC2)c2ccc(C(=O)NS(=O)(=O)N(C)C)cc21. The minimum Gasteiger partial charge on any atom is -0.497 e. The van der Waals surface area contributed by atoms with Crippen LogP contribution in [-0.4, -0.2) is 93.7 Å². The molecule has 0 bridgehead atoms. The van der Waals surface area contributed by atoms with Gasteiger partial charge in [0.25, 0.3) is 11.8 Å². The molecule has 3 aromatic rings. The number of hydrogen-bond acceptors (Lipinski definition) is 6. The van der Waals surface area contributed by atoms with Gasteiger partial charge in [-0.1, -0.05) is 25.3 Å². The average Bonchev–Trinajstić information content (AvgIpc) is 3.22. The lowest BCUT2D eigenvalue weighted by Gasteiger charge is -2.24. The van der Waals surface area contributed by atoms with Gasteiger partial charge in [0.1, 0.15) is 5.75 Å². The van der Waals surface area contributed by atoms with Gasteiger partial charge in [0.2, 0.25) is 5.91 Å². The van der Waals surface area contributed by atoms with Gasteiger partial charge in [-0.3, -0.25) is 14.4 Å². The lowest BCUT2D eigenvalue weighted by Crippen LogP contribution is -2.39. The molecule has 1 aliphatic carbocycles. The van der Waals surface area contributed by atoms with E-state index in [4.69, 9.17) is 4.74 Å². The van der Waals surface area contributed by atoms with E-state index in [2.05, 4.69) is 9.29 Å². The van der Waals surface area contributed by atoms with Crippen molar-refractivity contribution in [3.63, 3.8) is 0 Å². The third kappa shape index (κ3) is 6.34. The van der Waals surface area contributed by atoms with E-state index >= 15 is 0 Å². The van der Waals surface area contributed by atoms with E-state index in [0.717, 1.165) is 57.7 Å². The highest BCUT2D eigenvalue weighted by atomic mass is 32.2. The molecule has 45 heavy (non-hydrogen) atoms. The molecule has 2 aliphatic rings. The van der Waals surface area contributed by atoms with Gasteiger partial charge < -0.3 is 19.1 Å². The van der Waals surface area contributed by atoms with Crippen LogP contribution in [0.5, 0.6) is 5.75 Å². The standard InChI is InChI=1S/C33H41N5O6S/c1-35(2)29(39)20-37(5)33(41)24-16-23-17-25(44-6)13-15-26(23)31-30(21-10-8-7-9-11-21)27-14-12-22(18-28(27)38(31)19-24)32(40)34-45(42,43)36(3)4/h12-18,21H,7-11,19-20H2,1-6H3,(H,34,40).